The van der Waals surface area contributed by atoms with Crippen molar-refractivity contribution >= 4 is 39.6 Å². The number of likely N-dealkylation sites (N-methyl/N-ethyl adjacent to an activating group) is 1. The fraction of sp³-hybridized carbons (Fsp3) is 0.212. The first-order chi connectivity index (χ1) is 23.2. The van der Waals surface area contributed by atoms with E-state index in [9.17, 15) is 23.2 Å². The molecule has 5 aromatic rings. The van der Waals surface area contributed by atoms with Gasteiger partial charge >= 0.3 is 11.7 Å². The number of anilines is 1. The Morgan fingerprint density at radius 1 is 1.00 bits per heavy atom. The Morgan fingerprint density at radius 3 is 2.38 bits per heavy atom. The number of halogens is 2. The van der Waals surface area contributed by atoms with Crippen LogP contribution in [0, 0.1) is 11.6 Å². The van der Waals surface area contributed by atoms with Gasteiger partial charge in [-0.3, -0.25) is 14.4 Å². The minimum atomic E-state index is -0.811. The van der Waals surface area contributed by atoms with Crippen LogP contribution in [0.3, 0.4) is 0 Å². The van der Waals surface area contributed by atoms with Gasteiger partial charge in [0.1, 0.15) is 22.8 Å². The van der Waals surface area contributed by atoms with Gasteiger partial charge in [0, 0.05) is 35.8 Å². The van der Waals surface area contributed by atoms with Crippen LogP contribution in [0.2, 0.25) is 0 Å². The van der Waals surface area contributed by atoms with E-state index in [1.165, 1.54) is 28.3 Å². The third-order valence-electron chi connectivity index (χ3n) is 7.45. The van der Waals surface area contributed by atoms with E-state index < -0.39 is 29.4 Å². The highest BCUT2D eigenvalue weighted by molar-refractivity contribution is 7.22. The number of carbonyl (C=O) groups excluding carboxylic acids is 1. The highest BCUT2D eigenvalue weighted by Gasteiger charge is 2.25. The topological polar surface area (TPSA) is 151 Å². The molecule has 2 aromatic heterocycles. The second-order valence-corrected chi connectivity index (χ2v) is 11.7. The Kier molecular flexibility index (Phi) is 10.8. The smallest absolute Gasteiger partial charge is 0.337 e. The fourth-order valence-electron chi connectivity index (χ4n) is 5.18. The van der Waals surface area contributed by atoms with Gasteiger partial charge < -0.3 is 21.4 Å². The number of hydrogen-bond acceptors (Lipinski definition) is 7. The standard InChI is InChI=1S/C33H33F2N9O3S/c1-3-38-32(46)40-22-14-12-21(13-15-22)29-25(18-42(2)17-16-37-20-39-41-36)28-30(45)44(23-8-5-4-6-9-23)33(47)43(31(28)48-29)19-24-26(34)10-7-11-27(24)35/h4-15,20H,3,16-19H2,1-2H3,(H2,36,37,39)(H2,38,40,46). The van der Waals surface area contributed by atoms with Gasteiger partial charge in [-0.1, -0.05) is 41.6 Å². The number of carbonyl (C=O) groups is 1. The number of fused-ring (bicyclic) bond motifs is 1. The summed E-state index contributed by atoms with van der Waals surface area (Å²) < 4.78 is 32.2. The van der Waals surface area contributed by atoms with Gasteiger partial charge in [-0.2, -0.15) is 0 Å². The molecule has 2 heterocycles. The molecule has 5 rings (SSSR count). The number of aliphatic imine (C=N–C) groups is 1. The Balaban J connectivity index is 1.73. The number of hydrogen-bond donors (Lipinski definition) is 3. The summed E-state index contributed by atoms with van der Waals surface area (Å²) in [5.74, 6) is 3.40. The average molecular weight is 674 g/mol. The Morgan fingerprint density at radius 2 is 1.71 bits per heavy atom. The molecule has 2 amide bonds. The summed E-state index contributed by atoms with van der Waals surface area (Å²) in [4.78, 5) is 47.6. The first-order valence-electron chi connectivity index (χ1n) is 14.9. The summed E-state index contributed by atoms with van der Waals surface area (Å²) in [5, 5.41) is 12.4. The van der Waals surface area contributed by atoms with Crippen molar-refractivity contribution in [2.75, 3.05) is 32.0 Å². The molecule has 0 saturated carbocycles. The number of benzene rings is 3. The molecule has 0 unspecified atom stereocenters. The van der Waals surface area contributed by atoms with Crippen molar-refractivity contribution in [3.8, 4) is 16.1 Å². The normalized spacial score (nSPS) is 11.7. The zero-order valence-electron chi connectivity index (χ0n) is 26.2. The maximum absolute atomic E-state index is 15.0. The molecule has 0 spiro atoms. The molecule has 0 aliphatic carbocycles. The molecular weight excluding hydrogens is 640 g/mol. The van der Waals surface area contributed by atoms with Crippen molar-refractivity contribution in [2.45, 2.75) is 20.0 Å². The molecule has 0 aliphatic heterocycles. The number of nitrogens with zero attached hydrogens (tertiary/aromatic N) is 6. The molecule has 48 heavy (non-hydrogen) atoms. The van der Waals surface area contributed by atoms with Gasteiger partial charge in [-0.25, -0.2) is 22.9 Å². The van der Waals surface area contributed by atoms with Gasteiger partial charge in [-0.05, 0) is 61.5 Å². The third kappa shape index (κ3) is 7.37. The predicted octanol–water partition coefficient (Wildman–Crippen LogP) is 5.13. The van der Waals surface area contributed by atoms with Crippen molar-refractivity contribution in [3.63, 3.8) is 0 Å². The summed E-state index contributed by atoms with van der Waals surface area (Å²) in [6, 6.07) is 18.6. The molecule has 0 bridgehead atoms. The van der Waals surface area contributed by atoms with Crippen molar-refractivity contribution in [1.82, 2.24) is 19.4 Å². The molecule has 4 N–H and O–H groups in total. The first-order valence-corrected chi connectivity index (χ1v) is 15.8. The Hall–Kier alpha value is -5.54. The molecule has 12 nitrogen and oxygen atoms in total. The van der Waals surface area contributed by atoms with Crippen LogP contribution in [0.4, 0.5) is 19.3 Å². The largest absolute Gasteiger partial charge is 0.338 e. The van der Waals surface area contributed by atoms with E-state index in [4.69, 9.17) is 5.84 Å². The molecule has 0 saturated heterocycles. The van der Waals surface area contributed by atoms with Crippen LogP contribution < -0.4 is 27.7 Å². The number of para-hydroxylation sites is 1. The summed E-state index contributed by atoms with van der Waals surface area (Å²) in [5.41, 5.74) is 0.589. The number of amides is 2. The number of urea groups is 1. The van der Waals surface area contributed by atoms with Crippen LogP contribution in [-0.4, -0.2) is 53.1 Å². The van der Waals surface area contributed by atoms with Gasteiger partial charge in [0.15, 0.2) is 0 Å². The second kappa shape index (κ2) is 15.4. The van der Waals surface area contributed by atoms with Crippen LogP contribution in [0.15, 0.2) is 97.7 Å². The number of rotatable bonds is 12. The van der Waals surface area contributed by atoms with Crippen molar-refractivity contribution in [3.05, 3.63) is 116 Å². The van der Waals surface area contributed by atoms with E-state index in [1.54, 1.807) is 54.6 Å². The van der Waals surface area contributed by atoms with E-state index in [-0.39, 0.29) is 28.4 Å². The summed E-state index contributed by atoms with van der Waals surface area (Å²) in [6.07, 6.45) is 1.24. The van der Waals surface area contributed by atoms with Gasteiger partial charge in [0.05, 0.1) is 24.2 Å². The maximum atomic E-state index is 15.0. The number of nitrogens with two attached hydrogens (primary N) is 1. The Bertz CT molecular complexity index is 2070. The lowest BCUT2D eigenvalue weighted by atomic mass is 10.1. The fourth-order valence-corrected chi connectivity index (χ4v) is 6.48. The van der Waals surface area contributed by atoms with Crippen molar-refractivity contribution < 1.29 is 13.6 Å². The molecule has 248 valence electrons. The molecule has 0 aliphatic rings. The minimum absolute atomic E-state index is 0.243. The van der Waals surface area contributed by atoms with Crippen molar-refractivity contribution in [1.29, 1.82) is 0 Å². The molecular formula is C33H33F2N9O3S. The molecule has 0 radical (unpaired) electrons. The predicted molar refractivity (Wildman–Crippen MR) is 184 cm³/mol. The summed E-state index contributed by atoms with van der Waals surface area (Å²) in [7, 11) is 1.85. The van der Waals surface area contributed by atoms with Gasteiger partial charge in [0.25, 0.3) is 5.56 Å². The summed E-state index contributed by atoms with van der Waals surface area (Å²) >= 11 is 1.18. The van der Waals surface area contributed by atoms with Crippen LogP contribution in [-0.2, 0) is 13.1 Å². The van der Waals surface area contributed by atoms with E-state index in [0.29, 0.717) is 47.0 Å². The Labute approximate surface area is 277 Å². The van der Waals surface area contributed by atoms with Crippen LogP contribution in [0.5, 0.6) is 0 Å². The number of nitrogens with one attached hydrogen (secondary N) is 2. The lowest BCUT2D eigenvalue weighted by Crippen LogP contribution is -2.39. The van der Waals surface area contributed by atoms with E-state index >= 15 is 0 Å². The van der Waals surface area contributed by atoms with Crippen molar-refractivity contribution in [2.24, 2.45) is 21.2 Å². The zero-order chi connectivity index (χ0) is 34.2. The lowest BCUT2D eigenvalue weighted by molar-refractivity contribution is 0.252. The maximum Gasteiger partial charge on any atom is 0.337 e. The molecule has 0 fully saturated rings. The number of aromatic nitrogens is 2. The third-order valence-corrected chi connectivity index (χ3v) is 8.75. The van der Waals surface area contributed by atoms with Crippen LogP contribution >= 0.6 is 11.3 Å². The first kappa shape index (κ1) is 33.8. The minimum Gasteiger partial charge on any atom is -0.338 e. The van der Waals surface area contributed by atoms with E-state index in [0.717, 1.165) is 16.7 Å². The zero-order valence-corrected chi connectivity index (χ0v) is 27.0. The highest BCUT2D eigenvalue weighted by Crippen LogP contribution is 2.38. The van der Waals surface area contributed by atoms with Gasteiger partial charge in [0.2, 0.25) is 0 Å². The summed E-state index contributed by atoms with van der Waals surface area (Å²) in [6.45, 7) is 2.92. The number of thiophene rings is 1. The van der Waals surface area contributed by atoms with Gasteiger partial charge in [-0.15, -0.1) is 16.5 Å². The average Bonchev–Trinajstić information content (AvgIpc) is 3.44. The second-order valence-electron chi connectivity index (χ2n) is 10.7. The van der Waals surface area contributed by atoms with Crippen LogP contribution in [0.1, 0.15) is 18.1 Å². The van der Waals surface area contributed by atoms with E-state index in [2.05, 4.69) is 26.0 Å². The molecule has 15 heteroatoms. The highest BCUT2D eigenvalue weighted by atomic mass is 32.1. The monoisotopic (exact) mass is 673 g/mol. The molecule has 0 atom stereocenters. The SMILES string of the molecule is CCNC(=O)Nc1ccc(-c2sc3c(c2CN(C)CCN=CN=NN)c(=O)n(-c2ccccc2)c(=O)n3Cc2c(F)cccc2F)cc1. The lowest BCUT2D eigenvalue weighted by Gasteiger charge is -2.17. The molecule has 3 aromatic carbocycles. The van der Waals surface area contributed by atoms with Crippen LogP contribution in [0.25, 0.3) is 26.3 Å². The quantitative estimate of drug-likeness (QED) is 0.0551. The van der Waals surface area contributed by atoms with E-state index in [1.807, 2.05) is 18.9 Å².